The van der Waals surface area contributed by atoms with Gasteiger partial charge in [-0.25, -0.2) is 13.6 Å². The van der Waals surface area contributed by atoms with Gasteiger partial charge in [-0.1, -0.05) is 6.92 Å². The highest BCUT2D eigenvalue weighted by Gasteiger charge is 2.32. The van der Waals surface area contributed by atoms with Crippen molar-refractivity contribution in [2.75, 3.05) is 11.9 Å². The first kappa shape index (κ1) is 15.9. The molecule has 0 saturated carbocycles. The van der Waals surface area contributed by atoms with Gasteiger partial charge in [0.25, 0.3) is 0 Å². The van der Waals surface area contributed by atoms with Crippen LogP contribution in [-0.2, 0) is 19.6 Å². The molecule has 21 heavy (non-hydrogen) atoms. The molecular weight excluding hydrogens is 292 g/mol. The largest absolute Gasteiger partial charge is 0.377 e. The highest BCUT2D eigenvalue weighted by Crippen LogP contribution is 2.26. The summed E-state index contributed by atoms with van der Waals surface area (Å²) in [5.74, 6) is -0.252. The Hall–Kier alpha value is -1.44. The fourth-order valence-electron chi connectivity index (χ4n) is 2.53. The van der Waals surface area contributed by atoms with Crippen LogP contribution in [0.1, 0.15) is 25.3 Å². The summed E-state index contributed by atoms with van der Waals surface area (Å²) < 4.78 is 28.1. The summed E-state index contributed by atoms with van der Waals surface area (Å²) in [7, 11) is -3.73. The molecule has 1 saturated heterocycles. The van der Waals surface area contributed by atoms with Crippen LogP contribution in [0.5, 0.6) is 0 Å². The maximum absolute atomic E-state index is 12.3. The Bertz CT molecular complexity index is 642. The fourth-order valence-corrected chi connectivity index (χ4v) is 3.13. The number of carbonyl (C=O) groups is 1. The van der Waals surface area contributed by atoms with Gasteiger partial charge in [-0.2, -0.15) is 0 Å². The zero-order valence-electron chi connectivity index (χ0n) is 12.1. The molecule has 1 aliphatic rings. The van der Waals surface area contributed by atoms with E-state index in [-0.39, 0.29) is 22.8 Å². The van der Waals surface area contributed by atoms with Crippen LogP contribution in [0.25, 0.3) is 0 Å². The van der Waals surface area contributed by atoms with E-state index in [2.05, 4.69) is 5.32 Å². The lowest BCUT2D eigenvalue weighted by Crippen LogP contribution is -2.29. The van der Waals surface area contributed by atoms with E-state index in [0.717, 1.165) is 6.42 Å². The second-order valence-corrected chi connectivity index (χ2v) is 6.79. The molecule has 2 rings (SSSR count). The van der Waals surface area contributed by atoms with Gasteiger partial charge in [0.15, 0.2) is 0 Å². The number of hydrogen-bond donors (Lipinski definition) is 2. The van der Waals surface area contributed by atoms with E-state index >= 15 is 0 Å². The molecule has 1 amide bonds. The van der Waals surface area contributed by atoms with Crippen LogP contribution in [0.3, 0.4) is 0 Å². The maximum Gasteiger partial charge on any atom is 0.238 e. The standard InChI is InChI=1S/C14H20N2O4S/c1-3-13-11(6-7-20-13)14(17)16-12-5-4-10(8-9(12)2)21(15,18)19/h4-5,8,11,13H,3,6-7H2,1-2H3,(H,16,17)(H2,15,18,19). The van der Waals surface area contributed by atoms with Crippen LogP contribution in [0, 0.1) is 12.8 Å². The third-order valence-corrected chi connectivity index (χ3v) is 4.64. The van der Waals surface area contributed by atoms with Crippen molar-refractivity contribution >= 4 is 21.6 Å². The van der Waals surface area contributed by atoms with Crippen molar-refractivity contribution in [3.8, 4) is 0 Å². The summed E-state index contributed by atoms with van der Waals surface area (Å²) in [4.78, 5) is 12.3. The van der Waals surface area contributed by atoms with Crippen molar-refractivity contribution in [3.05, 3.63) is 23.8 Å². The number of amides is 1. The van der Waals surface area contributed by atoms with Crippen LogP contribution >= 0.6 is 0 Å². The monoisotopic (exact) mass is 312 g/mol. The molecule has 0 aromatic heterocycles. The minimum Gasteiger partial charge on any atom is -0.377 e. The lowest BCUT2D eigenvalue weighted by Gasteiger charge is -2.17. The molecule has 116 valence electrons. The normalized spacial score (nSPS) is 22.2. The lowest BCUT2D eigenvalue weighted by atomic mass is 9.98. The Labute approximate surface area is 124 Å². The van der Waals surface area contributed by atoms with Crippen molar-refractivity contribution < 1.29 is 17.9 Å². The van der Waals surface area contributed by atoms with E-state index in [4.69, 9.17) is 9.88 Å². The number of hydrogen-bond acceptors (Lipinski definition) is 4. The van der Waals surface area contributed by atoms with E-state index in [0.29, 0.717) is 24.3 Å². The van der Waals surface area contributed by atoms with Crippen LogP contribution in [0.15, 0.2) is 23.1 Å². The smallest absolute Gasteiger partial charge is 0.238 e. The van der Waals surface area contributed by atoms with Gasteiger partial charge >= 0.3 is 0 Å². The van der Waals surface area contributed by atoms with Gasteiger partial charge in [-0.3, -0.25) is 4.79 Å². The number of aryl methyl sites for hydroxylation is 1. The molecule has 1 fully saturated rings. The van der Waals surface area contributed by atoms with Gasteiger partial charge < -0.3 is 10.1 Å². The number of carbonyl (C=O) groups excluding carboxylic acids is 1. The number of primary sulfonamides is 1. The molecule has 2 atom stereocenters. The van der Waals surface area contributed by atoms with Crippen molar-refractivity contribution in [1.29, 1.82) is 0 Å². The molecule has 1 aliphatic heterocycles. The summed E-state index contributed by atoms with van der Waals surface area (Å²) in [5, 5.41) is 7.92. The van der Waals surface area contributed by atoms with Crippen LogP contribution in [-0.4, -0.2) is 27.0 Å². The summed E-state index contributed by atoms with van der Waals surface area (Å²) >= 11 is 0. The second kappa shape index (κ2) is 6.13. The van der Waals surface area contributed by atoms with E-state index in [1.807, 2.05) is 6.92 Å². The molecule has 0 aliphatic carbocycles. The summed E-state index contributed by atoms with van der Waals surface area (Å²) in [5.41, 5.74) is 1.25. The Morgan fingerprint density at radius 1 is 1.48 bits per heavy atom. The zero-order chi connectivity index (χ0) is 15.6. The molecule has 0 bridgehead atoms. The molecule has 6 nitrogen and oxygen atoms in total. The fraction of sp³-hybridized carbons (Fsp3) is 0.500. The van der Waals surface area contributed by atoms with Crippen molar-refractivity contribution in [3.63, 3.8) is 0 Å². The van der Waals surface area contributed by atoms with Gasteiger partial charge in [-0.15, -0.1) is 0 Å². The zero-order valence-corrected chi connectivity index (χ0v) is 12.9. The first-order chi connectivity index (χ1) is 9.82. The number of anilines is 1. The van der Waals surface area contributed by atoms with Crippen LogP contribution in [0.4, 0.5) is 5.69 Å². The average molecular weight is 312 g/mol. The molecule has 1 aromatic rings. The Morgan fingerprint density at radius 2 is 2.19 bits per heavy atom. The van der Waals surface area contributed by atoms with Gasteiger partial charge in [-0.05, 0) is 43.5 Å². The summed E-state index contributed by atoms with van der Waals surface area (Å²) in [6.45, 7) is 4.31. The number of sulfonamides is 1. The predicted octanol–water partition coefficient (Wildman–Crippen LogP) is 1.40. The quantitative estimate of drug-likeness (QED) is 0.877. The number of ether oxygens (including phenoxy) is 1. The molecule has 7 heteroatoms. The average Bonchev–Trinajstić information content (AvgIpc) is 2.88. The molecule has 1 aromatic carbocycles. The highest BCUT2D eigenvalue weighted by molar-refractivity contribution is 7.89. The minimum atomic E-state index is -3.73. The van der Waals surface area contributed by atoms with E-state index < -0.39 is 10.0 Å². The third kappa shape index (κ3) is 3.61. The third-order valence-electron chi connectivity index (χ3n) is 3.73. The number of nitrogens with one attached hydrogen (secondary N) is 1. The van der Waals surface area contributed by atoms with Crippen LogP contribution < -0.4 is 10.5 Å². The molecule has 1 heterocycles. The van der Waals surface area contributed by atoms with E-state index in [1.54, 1.807) is 13.0 Å². The van der Waals surface area contributed by atoms with Crippen molar-refractivity contribution in [2.24, 2.45) is 11.1 Å². The first-order valence-corrected chi connectivity index (χ1v) is 8.43. The maximum atomic E-state index is 12.3. The summed E-state index contributed by atoms with van der Waals surface area (Å²) in [6.07, 6.45) is 1.45. The van der Waals surface area contributed by atoms with Gasteiger partial charge in [0.1, 0.15) is 0 Å². The van der Waals surface area contributed by atoms with Crippen molar-refractivity contribution in [2.45, 2.75) is 37.7 Å². The molecule has 2 unspecified atom stereocenters. The van der Waals surface area contributed by atoms with Gasteiger partial charge in [0, 0.05) is 12.3 Å². The second-order valence-electron chi connectivity index (χ2n) is 5.22. The topological polar surface area (TPSA) is 98.5 Å². The minimum absolute atomic E-state index is 0.0358. The van der Waals surface area contributed by atoms with E-state index in [9.17, 15) is 13.2 Å². The van der Waals surface area contributed by atoms with E-state index in [1.165, 1.54) is 12.1 Å². The number of benzene rings is 1. The highest BCUT2D eigenvalue weighted by atomic mass is 32.2. The van der Waals surface area contributed by atoms with Crippen LogP contribution in [0.2, 0.25) is 0 Å². The Balaban J connectivity index is 2.15. The van der Waals surface area contributed by atoms with Gasteiger partial charge in [0.05, 0.1) is 16.9 Å². The number of nitrogens with two attached hydrogens (primary N) is 1. The lowest BCUT2D eigenvalue weighted by molar-refractivity contribution is -0.121. The first-order valence-electron chi connectivity index (χ1n) is 6.89. The molecule has 3 N–H and O–H groups in total. The SMILES string of the molecule is CCC1OCCC1C(=O)Nc1ccc(S(N)(=O)=O)cc1C. The predicted molar refractivity (Wildman–Crippen MR) is 79.3 cm³/mol. The summed E-state index contributed by atoms with van der Waals surface area (Å²) in [6, 6.07) is 4.40. The molecule has 0 radical (unpaired) electrons. The molecular formula is C14H20N2O4S. The van der Waals surface area contributed by atoms with Gasteiger partial charge in [0.2, 0.25) is 15.9 Å². The Kier molecular flexibility index (Phi) is 4.65. The van der Waals surface area contributed by atoms with Crippen molar-refractivity contribution in [1.82, 2.24) is 0 Å². The number of rotatable bonds is 4. The molecule has 0 spiro atoms. The Morgan fingerprint density at radius 3 is 2.76 bits per heavy atom.